The minimum atomic E-state index is -0.356. The van der Waals surface area contributed by atoms with Crippen LogP contribution in [0.3, 0.4) is 0 Å². The van der Waals surface area contributed by atoms with Crippen LogP contribution in [0.1, 0.15) is 33.6 Å². The Bertz CT molecular complexity index is 301. The standard InChI is InChI=1S/C13H25N3OS/c1-9(2)11(12(14)18)13(17)15-8-10(3)16-6-4-5-7-16/h9-11H,4-8H2,1-3H3,(H2,14,18)(H,15,17). The molecule has 1 aliphatic rings. The van der Waals surface area contributed by atoms with Crippen molar-refractivity contribution in [1.29, 1.82) is 0 Å². The number of hydrogen-bond acceptors (Lipinski definition) is 3. The van der Waals surface area contributed by atoms with Crippen LogP contribution in [0.25, 0.3) is 0 Å². The van der Waals surface area contributed by atoms with Crippen molar-refractivity contribution in [3.63, 3.8) is 0 Å². The zero-order valence-electron chi connectivity index (χ0n) is 11.6. The van der Waals surface area contributed by atoms with Gasteiger partial charge in [-0.25, -0.2) is 0 Å². The summed E-state index contributed by atoms with van der Waals surface area (Å²) in [5.41, 5.74) is 5.63. The fourth-order valence-corrected chi connectivity index (χ4v) is 2.81. The summed E-state index contributed by atoms with van der Waals surface area (Å²) >= 11 is 4.96. The lowest BCUT2D eigenvalue weighted by Gasteiger charge is -2.25. The van der Waals surface area contributed by atoms with Gasteiger partial charge >= 0.3 is 0 Å². The van der Waals surface area contributed by atoms with E-state index < -0.39 is 0 Å². The first-order valence-electron chi connectivity index (χ1n) is 6.74. The summed E-state index contributed by atoms with van der Waals surface area (Å²) in [6.07, 6.45) is 2.53. The molecule has 104 valence electrons. The third-order valence-corrected chi connectivity index (χ3v) is 3.85. The van der Waals surface area contributed by atoms with Crippen LogP contribution < -0.4 is 11.1 Å². The van der Waals surface area contributed by atoms with Crippen molar-refractivity contribution >= 4 is 23.1 Å². The highest BCUT2D eigenvalue weighted by Crippen LogP contribution is 2.13. The fourth-order valence-electron chi connectivity index (χ4n) is 2.43. The Morgan fingerprint density at radius 2 is 1.89 bits per heavy atom. The molecule has 1 saturated heterocycles. The first-order chi connectivity index (χ1) is 8.43. The Hall–Kier alpha value is -0.680. The van der Waals surface area contributed by atoms with E-state index in [-0.39, 0.29) is 22.7 Å². The van der Waals surface area contributed by atoms with Gasteiger partial charge in [0.25, 0.3) is 0 Å². The average Bonchev–Trinajstić information content (AvgIpc) is 2.78. The molecule has 0 radical (unpaired) electrons. The van der Waals surface area contributed by atoms with Gasteiger partial charge in [0.05, 0.1) is 10.9 Å². The first-order valence-corrected chi connectivity index (χ1v) is 7.15. The van der Waals surface area contributed by atoms with Crippen LogP contribution in [-0.2, 0) is 4.79 Å². The SMILES string of the molecule is CC(C)C(C(=O)NCC(C)N1CCCC1)C(N)=S. The van der Waals surface area contributed by atoms with Crippen molar-refractivity contribution in [3.8, 4) is 0 Å². The molecule has 3 N–H and O–H groups in total. The molecule has 1 fully saturated rings. The van der Waals surface area contributed by atoms with E-state index in [2.05, 4.69) is 17.1 Å². The van der Waals surface area contributed by atoms with E-state index in [4.69, 9.17) is 18.0 Å². The van der Waals surface area contributed by atoms with Crippen LogP contribution in [0.5, 0.6) is 0 Å². The van der Waals surface area contributed by atoms with Gasteiger partial charge in [-0.3, -0.25) is 9.69 Å². The molecule has 0 aromatic rings. The number of carbonyl (C=O) groups is 1. The van der Waals surface area contributed by atoms with Crippen molar-refractivity contribution in [1.82, 2.24) is 10.2 Å². The Morgan fingerprint density at radius 3 is 2.33 bits per heavy atom. The molecule has 0 aromatic heterocycles. The van der Waals surface area contributed by atoms with Gasteiger partial charge in [0.15, 0.2) is 0 Å². The minimum Gasteiger partial charge on any atom is -0.393 e. The third kappa shape index (κ3) is 4.21. The fraction of sp³-hybridized carbons (Fsp3) is 0.846. The molecule has 1 aliphatic heterocycles. The molecule has 0 aliphatic carbocycles. The van der Waals surface area contributed by atoms with E-state index in [1.807, 2.05) is 13.8 Å². The van der Waals surface area contributed by atoms with Gasteiger partial charge in [-0.2, -0.15) is 0 Å². The van der Waals surface area contributed by atoms with Gasteiger partial charge < -0.3 is 11.1 Å². The summed E-state index contributed by atoms with van der Waals surface area (Å²) in [7, 11) is 0. The molecule has 2 atom stereocenters. The topological polar surface area (TPSA) is 58.4 Å². The lowest BCUT2D eigenvalue weighted by Crippen LogP contribution is -2.46. The van der Waals surface area contributed by atoms with Gasteiger partial charge in [0, 0.05) is 12.6 Å². The molecule has 18 heavy (non-hydrogen) atoms. The Balaban J connectivity index is 2.41. The summed E-state index contributed by atoms with van der Waals surface area (Å²) in [6, 6.07) is 0.385. The highest BCUT2D eigenvalue weighted by Gasteiger charge is 2.26. The van der Waals surface area contributed by atoms with Gasteiger partial charge in [0.2, 0.25) is 5.91 Å². The van der Waals surface area contributed by atoms with Gasteiger partial charge in [-0.15, -0.1) is 0 Å². The van der Waals surface area contributed by atoms with Crippen molar-refractivity contribution in [3.05, 3.63) is 0 Å². The van der Waals surface area contributed by atoms with Gasteiger partial charge in [-0.1, -0.05) is 26.1 Å². The highest BCUT2D eigenvalue weighted by atomic mass is 32.1. The third-order valence-electron chi connectivity index (χ3n) is 3.59. The number of amides is 1. The summed E-state index contributed by atoms with van der Waals surface area (Å²) in [5.74, 6) is -0.251. The molecule has 2 unspecified atom stereocenters. The molecule has 1 rings (SSSR count). The minimum absolute atomic E-state index is 0.0384. The number of nitrogens with two attached hydrogens (primary N) is 1. The highest BCUT2D eigenvalue weighted by molar-refractivity contribution is 7.80. The molecule has 1 amide bonds. The summed E-state index contributed by atoms with van der Waals surface area (Å²) in [4.78, 5) is 14.7. The first kappa shape index (κ1) is 15.4. The van der Waals surface area contributed by atoms with E-state index in [1.54, 1.807) is 0 Å². The molecule has 1 heterocycles. The van der Waals surface area contributed by atoms with E-state index in [1.165, 1.54) is 12.8 Å². The predicted octanol–water partition coefficient (Wildman–Crippen LogP) is 1.15. The zero-order chi connectivity index (χ0) is 13.7. The van der Waals surface area contributed by atoms with Crippen LogP contribution in [-0.4, -0.2) is 41.5 Å². The second-order valence-electron chi connectivity index (χ2n) is 5.46. The number of nitrogens with zero attached hydrogens (tertiary/aromatic N) is 1. The van der Waals surface area contributed by atoms with Crippen LogP contribution >= 0.6 is 12.2 Å². The van der Waals surface area contributed by atoms with E-state index in [0.29, 0.717) is 12.6 Å². The van der Waals surface area contributed by atoms with E-state index in [9.17, 15) is 4.79 Å². The quantitative estimate of drug-likeness (QED) is 0.712. The maximum atomic E-state index is 12.0. The second-order valence-corrected chi connectivity index (χ2v) is 5.93. The average molecular weight is 271 g/mol. The molecule has 0 aromatic carbocycles. The van der Waals surface area contributed by atoms with Crippen molar-refractivity contribution < 1.29 is 4.79 Å². The van der Waals surface area contributed by atoms with Gasteiger partial charge in [-0.05, 0) is 38.8 Å². The number of nitrogens with one attached hydrogen (secondary N) is 1. The maximum absolute atomic E-state index is 12.0. The number of rotatable bonds is 6. The molecular weight excluding hydrogens is 246 g/mol. The molecule has 0 saturated carbocycles. The molecular formula is C13H25N3OS. The summed E-state index contributed by atoms with van der Waals surface area (Å²) in [6.45, 7) is 9.03. The van der Waals surface area contributed by atoms with Crippen LogP contribution in [0.4, 0.5) is 0 Å². The molecule has 0 bridgehead atoms. The number of hydrogen-bond donors (Lipinski definition) is 2. The normalized spacial score (nSPS) is 19.8. The van der Waals surface area contributed by atoms with Gasteiger partial charge in [0.1, 0.15) is 0 Å². The van der Waals surface area contributed by atoms with Crippen molar-refractivity contribution in [2.45, 2.75) is 39.7 Å². The Morgan fingerprint density at radius 1 is 1.33 bits per heavy atom. The monoisotopic (exact) mass is 271 g/mol. The lowest BCUT2D eigenvalue weighted by atomic mass is 9.95. The second kappa shape index (κ2) is 7.04. The predicted molar refractivity (Wildman–Crippen MR) is 78.4 cm³/mol. The van der Waals surface area contributed by atoms with Crippen LogP contribution in [0.2, 0.25) is 0 Å². The summed E-state index contributed by atoms with van der Waals surface area (Å²) < 4.78 is 0. The smallest absolute Gasteiger partial charge is 0.230 e. The molecule has 5 heteroatoms. The van der Waals surface area contributed by atoms with Crippen LogP contribution in [0.15, 0.2) is 0 Å². The Kier molecular flexibility index (Phi) is 6.02. The van der Waals surface area contributed by atoms with E-state index >= 15 is 0 Å². The summed E-state index contributed by atoms with van der Waals surface area (Å²) in [5, 5.41) is 2.97. The largest absolute Gasteiger partial charge is 0.393 e. The Labute approximate surface area is 115 Å². The number of carbonyl (C=O) groups excluding carboxylic acids is 1. The number of likely N-dealkylation sites (tertiary alicyclic amines) is 1. The molecule has 0 spiro atoms. The van der Waals surface area contributed by atoms with Crippen molar-refractivity contribution in [2.75, 3.05) is 19.6 Å². The van der Waals surface area contributed by atoms with E-state index in [0.717, 1.165) is 13.1 Å². The lowest BCUT2D eigenvalue weighted by molar-refractivity contribution is -0.124. The number of thiocarbonyl (C=S) groups is 1. The molecule has 4 nitrogen and oxygen atoms in total. The van der Waals surface area contributed by atoms with Crippen LogP contribution in [0, 0.1) is 11.8 Å². The zero-order valence-corrected chi connectivity index (χ0v) is 12.4. The van der Waals surface area contributed by atoms with Crippen molar-refractivity contribution in [2.24, 2.45) is 17.6 Å². The maximum Gasteiger partial charge on any atom is 0.230 e.